The molecule has 0 saturated heterocycles. The molecule has 1 aromatic heterocycles. The Morgan fingerprint density at radius 1 is 1.04 bits per heavy atom. The number of unbranched alkanes of at least 4 members (excludes halogenated alkanes) is 3. The lowest BCUT2D eigenvalue weighted by molar-refractivity contribution is 0.415. The third-order valence-electron chi connectivity index (χ3n) is 4.70. The molecular weight excluding hydrogens is 322 g/mol. The van der Waals surface area contributed by atoms with E-state index in [4.69, 9.17) is 10.5 Å². The number of aryl methyl sites for hydroxylation is 1. The van der Waals surface area contributed by atoms with Crippen LogP contribution in [0.5, 0.6) is 5.75 Å². The molecule has 0 aliphatic heterocycles. The molecule has 0 bridgehead atoms. The molecular formula is C22H29N3O. The van der Waals surface area contributed by atoms with Crippen molar-refractivity contribution >= 4 is 5.82 Å². The van der Waals surface area contributed by atoms with E-state index >= 15 is 0 Å². The molecule has 4 heteroatoms. The fraction of sp³-hybridized carbons (Fsp3) is 0.455. The van der Waals surface area contributed by atoms with E-state index in [1.54, 1.807) is 7.11 Å². The highest BCUT2D eigenvalue weighted by Gasteiger charge is 2.19. The Bertz CT molecular complexity index is 760. The fourth-order valence-corrected chi connectivity index (χ4v) is 3.25. The molecule has 1 heterocycles. The molecule has 0 radical (unpaired) electrons. The minimum absolute atomic E-state index is 0.338. The third-order valence-corrected chi connectivity index (χ3v) is 4.70. The Morgan fingerprint density at radius 3 is 2.31 bits per heavy atom. The van der Waals surface area contributed by atoms with Gasteiger partial charge in [0.15, 0.2) is 0 Å². The van der Waals surface area contributed by atoms with Gasteiger partial charge in [-0.3, -0.25) is 0 Å². The number of hydrogen-bond donors (Lipinski definition) is 1. The number of nitriles is 1. The summed E-state index contributed by atoms with van der Waals surface area (Å²) in [5.41, 5.74) is 10.8. The van der Waals surface area contributed by atoms with Crippen LogP contribution in [0.15, 0.2) is 24.3 Å². The van der Waals surface area contributed by atoms with Gasteiger partial charge in [0.2, 0.25) is 0 Å². The molecule has 0 aliphatic rings. The number of nitrogen functional groups attached to an aromatic ring is 1. The van der Waals surface area contributed by atoms with E-state index in [-0.39, 0.29) is 0 Å². The van der Waals surface area contributed by atoms with Crippen molar-refractivity contribution in [3.05, 3.63) is 41.1 Å². The fourth-order valence-electron chi connectivity index (χ4n) is 3.25. The van der Waals surface area contributed by atoms with Crippen LogP contribution in [0.25, 0.3) is 11.1 Å². The number of pyridine rings is 1. The summed E-state index contributed by atoms with van der Waals surface area (Å²) in [6.45, 7) is 4.38. The van der Waals surface area contributed by atoms with Crippen LogP contribution < -0.4 is 10.5 Å². The first-order chi connectivity index (χ1) is 12.7. The standard InChI is InChI=1S/C22H29N3O/c1-4-6-8-10-20-18(9-7-5-2)21(19(15-23)22(24)25-20)16-11-13-17(26-3)14-12-16/h11-14H,4-10H2,1-3H3,(H2,24,25). The maximum absolute atomic E-state index is 9.72. The number of anilines is 1. The van der Waals surface area contributed by atoms with Crippen LogP contribution in [-0.2, 0) is 12.8 Å². The molecule has 0 saturated carbocycles. The van der Waals surface area contributed by atoms with Crippen LogP contribution >= 0.6 is 0 Å². The molecule has 4 nitrogen and oxygen atoms in total. The largest absolute Gasteiger partial charge is 0.497 e. The summed E-state index contributed by atoms with van der Waals surface area (Å²) < 4.78 is 5.27. The van der Waals surface area contributed by atoms with Crippen molar-refractivity contribution in [2.75, 3.05) is 12.8 Å². The monoisotopic (exact) mass is 351 g/mol. The topological polar surface area (TPSA) is 71.9 Å². The molecule has 2 N–H and O–H groups in total. The zero-order valence-corrected chi connectivity index (χ0v) is 16.1. The zero-order valence-electron chi connectivity index (χ0n) is 16.1. The van der Waals surface area contributed by atoms with Crippen molar-refractivity contribution in [3.63, 3.8) is 0 Å². The Kier molecular flexibility index (Phi) is 7.47. The van der Waals surface area contributed by atoms with E-state index in [1.165, 1.54) is 18.4 Å². The number of nitrogens with zero attached hydrogens (tertiary/aromatic N) is 2. The molecule has 0 spiro atoms. The highest BCUT2D eigenvalue weighted by molar-refractivity contribution is 5.79. The Balaban J connectivity index is 2.61. The lowest BCUT2D eigenvalue weighted by atomic mass is 9.90. The van der Waals surface area contributed by atoms with E-state index in [0.717, 1.165) is 54.7 Å². The minimum Gasteiger partial charge on any atom is -0.497 e. The first-order valence-electron chi connectivity index (χ1n) is 9.51. The second-order valence-corrected chi connectivity index (χ2v) is 6.57. The number of ether oxygens (including phenoxy) is 1. The van der Waals surface area contributed by atoms with Crippen molar-refractivity contribution in [2.45, 2.75) is 58.8 Å². The van der Waals surface area contributed by atoms with E-state index in [2.05, 4.69) is 24.9 Å². The van der Waals surface area contributed by atoms with Crippen LogP contribution in [0.3, 0.4) is 0 Å². The highest BCUT2D eigenvalue weighted by atomic mass is 16.5. The SMILES string of the molecule is CCCCCc1nc(N)c(C#N)c(-c2ccc(OC)cc2)c1CCCC. The predicted molar refractivity (Wildman–Crippen MR) is 107 cm³/mol. The number of rotatable bonds is 9. The second-order valence-electron chi connectivity index (χ2n) is 6.57. The van der Waals surface area contributed by atoms with E-state index in [1.807, 2.05) is 24.3 Å². The van der Waals surface area contributed by atoms with Crippen LogP contribution in [0, 0.1) is 11.3 Å². The molecule has 138 valence electrons. The summed E-state index contributed by atoms with van der Waals surface area (Å²) in [6, 6.07) is 10.1. The molecule has 0 unspecified atom stereocenters. The lowest BCUT2D eigenvalue weighted by Gasteiger charge is -2.18. The van der Waals surface area contributed by atoms with Gasteiger partial charge in [0, 0.05) is 11.3 Å². The maximum Gasteiger partial charge on any atom is 0.142 e. The Labute approximate surface area is 157 Å². The van der Waals surface area contributed by atoms with E-state index in [9.17, 15) is 5.26 Å². The van der Waals surface area contributed by atoms with Crippen LogP contribution in [0.1, 0.15) is 62.8 Å². The molecule has 0 amide bonds. The minimum atomic E-state index is 0.338. The van der Waals surface area contributed by atoms with Crippen molar-refractivity contribution in [1.82, 2.24) is 4.98 Å². The molecule has 26 heavy (non-hydrogen) atoms. The van der Waals surface area contributed by atoms with Gasteiger partial charge in [-0.1, -0.05) is 45.2 Å². The normalized spacial score (nSPS) is 10.5. The van der Waals surface area contributed by atoms with Crippen molar-refractivity contribution in [2.24, 2.45) is 0 Å². The van der Waals surface area contributed by atoms with Gasteiger partial charge in [-0.2, -0.15) is 5.26 Å². The smallest absolute Gasteiger partial charge is 0.142 e. The molecule has 2 aromatic rings. The van der Waals surface area contributed by atoms with Gasteiger partial charge >= 0.3 is 0 Å². The van der Waals surface area contributed by atoms with Crippen molar-refractivity contribution < 1.29 is 4.74 Å². The van der Waals surface area contributed by atoms with Crippen LogP contribution in [-0.4, -0.2) is 12.1 Å². The maximum atomic E-state index is 9.72. The van der Waals surface area contributed by atoms with Crippen LogP contribution in [0.4, 0.5) is 5.82 Å². The van der Waals surface area contributed by atoms with Gasteiger partial charge < -0.3 is 10.5 Å². The van der Waals surface area contributed by atoms with Crippen LogP contribution in [0.2, 0.25) is 0 Å². The van der Waals surface area contributed by atoms with Crippen molar-refractivity contribution in [1.29, 1.82) is 5.26 Å². The summed E-state index contributed by atoms with van der Waals surface area (Å²) in [5.74, 6) is 1.14. The lowest BCUT2D eigenvalue weighted by Crippen LogP contribution is -2.08. The van der Waals surface area contributed by atoms with Gasteiger partial charge in [0.25, 0.3) is 0 Å². The quantitative estimate of drug-likeness (QED) is 0.623. The molecule has 0 atom stereocenters. The van der Waals surface area contributed by atoms with E-state index in [0.29, 0.717) is 11.4 Å². The number of methoxy groups -OCH3 is 1. The number of benzene rings is 1. The number of aromatic nitrogens is 1. The van der Waals surface area contributed by atoms with E-state index < -0.39 is 0 Å². The summed E-state index contributed by atoms with van der Waals surface area (Å²) >= 11 is 0. The molecule has 0 fully saturated rings. The average molecular weight is 351 g/mol. The first-order valence-corrected chi connectivity index (χ1v) is 9.51. The van der Waals surface area contributed by atoms with Crippen molar-refractivity contribution in [3.8, 4) is 22.9 Å². The predicted octanol–water partition coefficient (Wildman–Crippen LogP) is 5.29. The number of hydrogen-bond acceptors (Lipinski definition) is 4. The first kappa shape index (κ1) is 19.8. The third kappa shape index (κ3) is 4.54. The van der Waals surface area contributed by atoms with Gasteiger partial charge in [0.1, 0.15) is 23.2 Å². The molecule has 0 aliphatic carbocycles. The zero-order chi connectivity index (χ0) is 18.9. The highest BCUT2D eigenvalue weighted by Crippen LogP contribution is 2.34. The van der Waals surface area contributed by atoms with Gasteiger partial charge in [-0.15, -0.1) is 0 Å². The second kappa shape index (κ2) is 9.82. The summed E-state index contributed by atoms with van der Waals surface area (Å²) in [6.07, 6.45) is 7.43. The Morgan fingerprint density at radius 2 is 1.73 bits per heavy atom. The van der Waals surface area contributed by atoms with Gasteiger partial charge in [-0.25, -0.2) is 4.98 Å². The summed E-state index contributed by atoms with van der Waals surface area (Å²) in [7, 11) is 1.65. The molecule has 2 rings (SSSR count). The summed E-state index contributed by atoms with van der Waals surface area (Å²) in [5, 5.41) is 9.72. The average Bonchev–Trinajstić information content (AvgIpc) is 2.67. The Hall–Kier alpha value is -2.54. The van der Waals surface area contributed by atoms with Gasteiger partial charge in [-0.05, 0) is 48.9 Å². The van der Waals surface area contributed by atoms with Gasteiger partial charge in [0.05, 0.1) is 7.11 Å². The number of nitrogens with two attached hydrogens (primary N) is 1. The molecule has 1 aromatic carbocycles. The summed E-state index contributed by atoms with van der Waals surface area (Å²) in [4.78, 5) is 4.62.